The first-order valence-electron chi connectivity index (χ1n) is 9.66. The van der Waals surface area contributed by atoms with E-state index < -0.39 is 5.60 Å². The molecule has 0 saturated heterocycles. The molecule has 138 valence electrons. The maximum absolute atomic E-state index is 12.0. The molecular weight excluding hydrogens is 318 g/mol. The van der Waals surface area contributed by atoms with Crippen LogP contribution >= 0.6 is 0 Å². The summed E-state index contributed by atoms with van der Waals surface area (Å²) in [5.74, 6) is 0.252. The van der Waals surface area contributed by atoms with E-state index in [0.717, 1.165) is 25.8 Å². The molecule has 0 amide bonds. The number of hydrogen-bond acceptors (Lipinski definition) is 2. The minimum atomic E-state index is -0.786. The molecule has 2 nitrogen and oxygen atoms in total. The van der Waals surface area contributed by atoms with E-state index in [2.05, 4.69) is 80.5 Å². The predicted octanol–water partition coefficient (Wildman–Crippen LogP) is 4.71. The van der Waals surface area contributed by atoms with E-state index in [1.54, 1.807) is 0 Å². The van der Waals surface area contributed by atoms with Crippen LogP contribution in [0.3, 0.4) is 0 Å². The van der Waals surface area contributed by atoms with Crippen molar-refractivity contribution in [3.05, 3.63) is 76.9 Å². The molecule has 0 bridgehead atoms. The van der Waals surface area contributed by atoms with Crippen LogP contribution in [-0.2, 0) is 6.42 Å². The highest BCUT2D eigenvalue weighted by Crippen LogP contribution is 2.41. The fourth-order valence-electron chi connectivity index (χ4n) is 4.28. The van der Waals surface area contributed by atoms with Crippen molar-refractivity contribution in [2.45, 2.75) is 38.2 Å². The first-order valence-corrected chi connectivity index (χ1v) is 9.66. The third-order valence-electron chi connectivity index (χ3n) is 5.51. The molecule has 2 heteroatoms. The first-order chi connectivity index (χ1) is 12.5. The average Bonchev–Trinajstić information content (AvgIpc) is 2.59. The minimum absolute atomic E-state index is 0.252. The van der Waals surface area contributed by atoms with Gasteiger partial charge in [0, 0.05) is 18.9 Å². The van der Waals surface area contributed by atoms with Crippen molar-refractivity contribution >= 4 is 6.08 Å². The van der Waals surface area contributed by atoms with E-state index in [9.17, 15) is 5.11 Å². The summed E-state index contributed by atoms with van der Waals surface area (Å²) in [5, 5.41) is 12.0. The zero-order valence-corrected chi connectivity index (χ0v) is 16.3. The van der Waals surface area contributed by atoms with Crippen LogP contribution in [0.4, 0.5) is 0 Å². The zero-order valence-electron chi connectivity index (χ0n) is 16.3. The lowest BCUT2D eigenvalue weighted by atomic mass is 9.68. The summed E-state index contributed by atoms with van der Waals surface area (Å²) in [7, 11) is 4.20. The van der Waals surface area contributed by atoms with Gasteiger partial charge in [-0.05, 0) is 57.0 Å². The van der Waals surface area contributed by atoms with Crippen LogP contribution in [0.15, 0.2) is 60.2 Å². The molecule has 2 aromatic carbocycles. The van der Waals surface area contributed by atoms with Gasteiger partial charge < -0.3 is 10.0 Å². The molecule has 0 aliphatic heterocycles. The molecule has 1 aliphatic rings. The van der Waals surface area contributed by atoms with Gasteiger partial charge >= 0.3 is 0 Å². The van der Waals surface area contributed by atoms with Crippen molar-refractivity contribution in [2.75, 3.05) is 20.6 Å². The highest BCUT2D eigenvalue weighted by molar-refractivity contribution is 5.56. The number of aryl methyl sites for hydroxylation is 1. The van der Waals surface area contributed by atoms with Gasteiger partial charge in [0.2, 0.25) is 0 Å². The Bertz CT molecular complexity index is 750. The second-order valence-electron chi connectivity index (χ2n) is 8.02. The molecule has 0 spiro atoms. The van der Waals surface area contributed by atoms with Crippen LogP contribution in [0.1, 0.15) is 36.0 Å². The quantitative estimate of drug-likeness (QED) is 0.845. The Morgan fingerprint density at radius 2 is 1.88 bits per heavy atom. The van der Waals surface area contributed by atoms with Gasteiger partial charge in [0.15, 0.2) is 0 Å². The van der Waals surface area contributed by atoms with E-state index in [4.69, 9.17) is 0 Å². The lowest BCUT2D eigenvalue weighted by molar-refractivity contribution is -0.0123. The van der Waals surface area contributed by atoms with Crippen molar-refractivity contribution < 1.29 is 5.11 Å². The molecule has 2 atom stereocenters. The molecule has 1 saturated carbocycles. The first kappa shape index (κ1) is 18.9. The molecule has 0 radical (unpaired) electrons. The average molecular weight is 350 g/mol. The van der Waals surface area contributed by atoms with Crippen LogP contribution in [0.25, 0.3) is 6.08 Å². The van der Waals surface area contributed by atoms with Gasteiger partial charge in [-0.15, -0.1) is 0 Å². The van der Waals surface area contributed by atoms with Crippen LogP contribution in [-0.4, -0.2) is 36.2 Å². The van der Waals surface area contributed by atoms with Gasteiger partial charge in [-0.3, -0.25) is 0 Å². The number of nitrogens with zero attached hydrogens (tertiary/aromatic N) is 1. The largest absolute Gasteiger partial charge is 0.385 e. The second-order valence-corrected chi connectivity index (χ2v) is 8.02. The Morgan fingerprint density at radius 1 is 1.12 bits per heavy atom. The van der Waals surface area contributed by atoms with Gasteiger partial charge in [-0.2, -0.15) is 0 Å². The third-order valence-corrected chi connectivity index (χ3v) is 5.51. The summed E-state index contributed by atoms with van der Waals surface area (Å²) in [6.45, 7) is 3.03. The molecule has 1 aliphatic carbocycles. The summed E-state index contributed by atoms with van der Waals surface area (Å²) < 4.78 is 0. The number of aliphatic hydroxyl groups is 1. The van der Waals surface area contributed by atoms with Crippen molar-refractivity contribution in [1.82, 2.24) is 4.90 Å². The van der Waals surface area contributed by atoms with Crippen LogP contribution in [0.2, 0.25) is 0 Å². The van der Waals surface area contributed by atoms with E-state index in [1.807, 2.05) is 6.07 Å². The lowest BCUT2D eigenvalue weighted by Gasteiger charge is -2.43. The predicted molar refractivity (Wildman–Crippen MR) is 110 cm³/mol. The molecule has 0 aromatic heterocycles. The third kappa shape index (κ3) is 4.44. The standard InChI is InChI=1S/C24H31NO/c1-19-9-7-12-21(15-19)17-24(26)22(16-20-10-5-4-6-11-20)13-8-14-23(24)18-25(2)3/h4-7,9-12,15-16,23,26H,8,13-14,17-18H2,1-3H3. The highest BCUT2D eigenvalue weighted by Gasteiger charge is 2.42. The van der Waals surface area contributed by atoms with Gasteiger partial charge in [0.25, 0.3) is 0 Å². The Hall–Kier alpha value is -1.90. The summed E-state index contributed by atoms with van der Waals surface area (Å²) in [6.07, 6.45) is 6.10. The molecule has 3 rings (SSSR count). The number of rotatable bonds is 5. The zero-order chi connectivity index (χ0) is 18.6. The maximum Gasteiger partial charge on any atom is 0.0940 e. The van der Waals surface area contributed by atoms with Gasteiger partial charge in [0.1, 0.15) is 0 Å². The molecule has 1 N–H and O–H groups in total. The SMILES string of the molecule is Cc1cccc(CC2(O)C(=Cc3ccccc3)CCCC2CN(C)C)c1. The van der Waals surface area contributed by atoms with Gasteiger partial charge in [-0.1, -0.05) is 66.2 Å². The summed E-state index contributed by atoms with van der Waals surface area (Å²) in [6, 6.07) is 19.0. The smallest absolute Gasteiger partial charge is 0.0940 e. The Kier molecular flexibility index (Phi) is 5.95. The lowest BCUT2D eigenvalue weighted by Crippen LogP contribution is -2.48. The van der Waals surface area contributed by atoms with E-state index in [-0.39, 0.29) is 5.92 Å². The molecule has 0 heterocycles. The van der Waals surface area contributed by atoms with Crippen LogP contribution in [0, 0.1) is 12.8 Å². The summed E-state index contributed by atoms with van der Waals surface area (Å²) >= 11 is 0. The van der Waals surface area contributed by atoms with E-state index >= 15 is 0 Å². The monoisotopic (exact) mass is 349 g/mol. The van der Waals surface area contributed by atoms with E-state index in [0.29, 0.717) is 6.42 Å². The van der Waals surface area contributed by atoms with Crippen molar-refractivity contribution in [1.29, 1.82) is 0 Å². The topological polar surface area (TPSA) is 23.5 Å². The molecule has 2 unspecified atom stereocenters. The molecule has 1 fully saturated rings. The normalized spacial score (nSPS) is 25.0. The van der Waals surface area contributed by atoms with Crippen molar-refractivity contribution in [3.63, 3.8) is 0 Å². The van der Waals surface area contributed by atoms with Crippen molar-refractivity contribution in [2.24, 2.45) is 5.92 Å². The number of benzene rings is 2. The Balaban J connectivity index is 1.99. The summed E-state index contributed by atoms with van der Waals surface area (Å²) in [5.41, 5.74) is 4.04. The van der Waals surface area contributed by atoms with Crippen LogP contribution in [0.5, 0.6) is 0 Å². The number of hydrogen-bond donors (Lipinski definition) is 1. The fraction of sp³-hybridized carbons (Fsp3) is 0.417. The summed E-state index contributed by atoms with van der Waals surface area (Å²) in [4.78, 5) is 2.21. The molecular formula is C24H31NO. The van der Waals surface area contributed by atoms with Crippen molar-refractivity contribution in [3.8, 4) is 0 Å². The minimum Gasteiger partial charge on any atom is -0.385 e. The Morgan fingerprint density at radius 3 is 2.58 bits per heavy atom. The molecule has 2 aromatic rings. The highest BCUT2D eigenvalue weighted by atomic mass is 16.3. The second kappa shape index (κ2) is 8.20. The fourth-order valence-corrected chi connectivity index (χ4v) is 4.28. The molecule has 26 heavy (non-hydrogen) atoms. The maximum atomic E-state index is 12.0. The van der Waals surface area contributed by atoms with Gasteiger partial charge in [0.05, 0.1) is 5.60 Å². The Labute approximate surface area is 158 Å². The van der Waals surface area contributed by atoms with Gasteiger partial charge in [-0.25, -0.2) is 0 Å². The van der Waals surface area contributed by atoms with E-state index in [1.165, 1.54) is 22.3 Å². The van der Waals surface area contributed by atoms with Crippen LogP contribution < -0.4 is 0 Å².